The second-order valence-electron chi connectivity index (χ2n) is 9.00. The number of oxime groups is 1. The molecule has 0 unspecified atom stereocenters. The number of anilines is 2. The molecule has 0 atom stereocenters. The fourth-order valence-corrected chi connectivity index (χ4v) is 4.19. The Morgan fingerprint density at radius 1 is 1.09 bits per heavy atom. The van der Waals surface area contributed by atoms with E-state index in [0.29, 0.717) is 11.4 Å². The first-order valence-corrected chi connectivity index (χ1v) is 12.5. The molecule has 0 bridgehead atoms. The minimum Gasteiger partial charge on any atom is -0.393 e. The Balaban J connectivity index is 2.06. The molecule has 0 spiro atoms. The first-order chi connectivity index (χ1) is 15.9. The predicted octanol–water partition coefficient (Wildman–Crippen LogP) is 4.99. The van der Waals surface area contributed by atoms with Crippen molar-refractivity contribution in [1.29, 1.82) is 0 Å². The number of sulfonamides is 1. The van der Waals surface area contributed by atoms with E-state index in [4.69, 9.17) is 22.2 Å². The van der Waals surface area contributed by atoms with Crippen LogP contribution >= 0.6 is 11.6 Å². The second-order valence-corrected chi connectivity index (χ2v) is 11.1. The Morgan fingerprint density at radius 2 is 1.76 bits per heavy atom. The molecule has 0 saturated carbocycles. The highest BCUT2D eigenvalue weighted by Gasteiger charge is 2.22. The lowest BCUT2D eigenvalue weighted by Crippen LogP contribution is -2.18. The molecule has 0 saturated heterocycles. The molecule has 2 aromatic heterocycles. The third kappa shape index (κ3) is 6.24. The van der Waals surface area contributed by atoms with Gasteiger partial charge in [0.1, 0.15) is 23.3 Å². The van der Waals surface area contributed by atoms with Crippen LogP contribution in [-0.2, 0) is 20.3 Å². The molecule has 0 aliphatic heterocycles. The molecule has 0 amide bonds. The Kier molecular flexibility index (Phi) is 7.48. The third-order valence-corrected chi connectivity index (χ3v) is 6.36. The van der Waals surface area contributed by atoms with E-state index in [9.17, 15) is 8.42 Å². The van der Waals surface area contributed by atoms with Crippen LogP contribution in [0.15, 0.2) is 64.9 Å². The SMILES string of the molecule is CC(C)ON=C(c1ccc(N)nc1)c1ncc(Cl)cc1NS(=O)(=O)c1ccc(C(C)(C)C)cc1. The van der Waals surface area contributed by atoms with E-state index in [-0.39, 0.29) is 38.5 Å². The fraction of sp³-hybridized carbons (Fsp3) is 0.292. The lowest BCUT2D eigenvalue weighted by molar-refractivity contribution is 0.0862. The van der Waals surface area contributed by atoms with Gasteiger partial charge >= 0.3 is 0 Å². The zero-order chi connectivity index (χ0) is 25.1. The molecule has 2 heterocycles. The van der Waals surface area contributed by atoms with Crippen molar-refractivity contribution in [3.8, 4) is 0 Å². The molecule has 0 fully saturated rings. The van der Waals surface area contributed by atoms with Crippen molar-refractivity contribution in [3.63, 3.8) is 0 Å². The van der Waals surface area contributed by atoms with Gasteiger partial charge in [0.05, 0.1) is 15.6 Å². The van der Waals surface area contributed by atoms with Gasteiger partial charge < -0.3 is 10.6 Å². The molecular weight excluding hydrogens is 474 g/mol. The standard InChI is InChI=1S/C24H28ClN5O3S/c1-15(2)33-29-22(16-6-11-21(26)27-13-16)23-20(12-18(25)14-28-23)30-34(31,32)19-9-7-17(8-10-19)24(3,4)5/h6-15,30H,1-5H3,(H2,26,27). The molecule has 0 aliphatic rings. The average molecular weight is 502 g/mol. The normalized spacial score (nSPS) is 12.6. The summed E-state index contributed by atoms with van der Waals surface area (Å²) in [4.78, 5) is 14.0. The molecule has 0 radical (unpaired) electrons. The number of benzene rings is 1. The van der Waals surface area contributed by atoms with Crippen molar-refractivity contribution in [2.75, 3.05) is 10.5 Å². The van der Waals surface area contributed by atoms with Crippen molar-refractivity contribution in [2.45, 2.75) is 51.0 Å². The van der Waals surface area contributed by atoms with Crippen LogP contribution in [-0.4, -0.2) is 30.2 Å². The van der Waals surface area contributed by atoms with Gasteiger partial charge in [0.15, 0.2) is 0 Å². The van der Waals surface area contributed by atoms with Gasteiger partial charge in [-0.25, -0.2) is 13.4 Å². The average Bonchev–Trinajstić information content (AvgIpc) is 2.75. The Bertz CT molecular complexity index is 1280. The van der Waals surface area contributed by atoms with Crippen molar-refractivity contribution < 1.29 is 13.3 Å². The minimum atomic E-state index is -3.95. The molecule has 180 valence electrons. The maximum atomic E-state index is 13.2. The number of nitrogens with two attached hydrogens (primary N) is 1. The van der Waals surface area contributed by atoms with E-state index in [1.807, 2.05) is 13.8 Å². The summed E-state index contributed by atoms with van der Waals surface area (Å²) >= 11 is 6.16. The molecule has 10 heteroatoms. The van der Waals surface area contributed by atoms with Crippen molar-refractivity contribution >= 4 is 38.8 Å². The lowest BCUT2D eigenvalue weighted by Gasteiger charge is -2.19. The molecule has 0 aliphatic carbocycles. The largest absolute Gasteiger partial charge is 0.393 e. The van der Waals surface area contributed by atoms with Gasteiger partial charge in [0.25, 0.3) is 10.0 Å². The summed E-state index contributed by atoms with van der Waals surface area (Å²) in [5.74, 6) is 0.330. The number of nitrogens with zero attached hydrogens (tertiary/aromatic N) is 3. The van der Waals surface area contributed by atoms with Gasteiger partial charge in [-0.15, -0.1) is 0 Å². The fourth-order valence-electron chi connectivity index (χ4n) is 2.98. The highest BCUT2D eigenvalue weighted by Crippen LogP contribution is 2.27. The molecule has 3 rings (SSSR count). The topological polar surface area (TPSA) is 120 Å². The van der Waals surface area contributed by atoms with Gasteiger partial charge in [-0.05, 0) is 55.2 Å². The Hall–Kier alpha value is -3.17. The molecule has 1 aromatic carbocycles. The van der Waals surface area contributed by atoms with Crippen LogP contribution in [0, 0.1) is 0 Å². The van der Waals surface area contributed by atoms with Crippen molar-refractivity contribution in [3.05, 3.63) is 76.7 Å². The Labute approximate surface area is 205 Å². The van der Waals surface area contributed by atoms with Crippen LogP contribution in [0.3, 0.4) is 0 Å². The quantitative estimate of drug-likeness (QED) is 0.347. The third-order valence-electron chi connectivity index (χ3n) is 4.77. The van der Waals surface area contributed by atoms with Gasteiger partial charge in [0, 0.05) is 18.0 Å². The minimum absolute atomic E-state index is 0.103. The second kappa shape index (κ2) is 9.99. The van der Waals surface area contributed by atoms with Gasteiger partial charge in [-0.2, -0.15) is 0 Å². The van der Waals surface area contributed by atoms with Crippen LogP contribution in [0.4, 0.5) is 11.5 Å². The maximum absolute atomic E-state index is 13.2. The van der Waals surface area contributed by atoms with Crippen molar-refractivity contribution in [2.24, 2.45) is 5.16 Å². The van der Waals surface area contributed by atoms with Crippen LogP contribution in [0.25, 0.3) is 0 Å². The highest BCUT2D eigenvalue weighted by atomic mass is 35.5. The zero-order valence-corrected chi connectivity index (χ0v) is 21.3. The van der Waals surface area contributed by atoms with E-state index < -0.39 is 10.0 Å². The first kappa shape index (κ1) is 25.5. The number of hydrogen-bond donors (Lipinski definition) is 2. The van der Waals surface area contributed by atoms with Gasteiger partial charge in [-0.1, -0.05) is 49.7 Å². The number of hydrogen-bond acceptors (Lipinski definition) is 7. The van der Waals surface area contributed by atoms with Crippen molar-refractivity contribution in [1.82, 2.24) is 9.97 Å². The predicted molar refractivity (Wildman–Crippen MR) is 136 cm³/mol. The number of nitrogen functional groups attached to an aromatic ring is 1. The molecule has 3 N–H and O–H groups in total. The molecular formula is C24H28ClN5O3S. The summed E-state index contributed by atoms with van der Waals surface area (Å²) in [5, 5.41) is 4.47. The molecule has 8 nitrogen and oxygen atoms in total. The van der Waals surface area contributed by atoms with E-state index in [1.165, 1.54) is 18.5 Å². The van der Waals surface area contributed by atoms with E-state index >= 15 is 0 Å². The molecule has 3 aromatic rings. The summed E-state index contributed by atoms with van der Waals surface area (Å²) in [6.07, 6.45) is 2.70. The zero-order valence-electron chi connectivity index (χ0n) is 19.7. The summed E-state index contributed by atoms with van der Waals surface area (Å²) in [6, 6.07) is 11.5. The van der Waals surface area contributed by atoms with Crippen LogP contribution in [0.2, 0.25) is 5.02 Å². The smallest absolute Gasteiger partial charge is 0.261 e. The number of rotatable bonds is 7. The maximum Gasteiger partial charge on any atom is 0.261 e. The van der Waals surface area contributed by atoms with E-state index in [2.05, 4.69) is 40.6 Å². The highest BCUT2D eigenvalue weighted by molar-refractivity contribution is 7.92. The number of nitrogens with one attached hydrogen (secondary N) is 1. The first-order valence-electron chi connectivity index (χ1n) is 10.6. The van der Waals surface area contributed by atoms with Crippen LogP contribution < -0.4 is 10.5 Å². The number of aromatic nitrogens is 2. The van der Waals surface area contributed by atoms with E-state index in [1.54, 1.807) is 36.4 Å². The summed E-state index contributed by atoms with van der Waals surface area (Å²) in [6.45, 7) is 9.82. The van der Waals surface area contributed by atoms with Gasteiger partial charge in [0.2, 0.25) is 0 Å². The van der Waals surface area contributed by atoms with Crippen LogP contribution in [0.5, 0.6) is 0 Å². The van der Waals surface area contributed by atoms with E-state index in [0.717, 1.165) is 5.56 Å². The number of pyridine rings is 2. The van der Waals surface area contributed by atoms with Gasteiger partial charge in [-0.3, -0.25) is 9.71 Å². The summed E-state index contributed by atoms with van der Waals surface area (Å²) in [7, 11) is -3.95. The lowest BCUT2D eigenvalue weighted by atomic mass is 9.87. The monoisotopic (exact) mass is 501 g/mol. The van der Waals surface area contributed by atoms with Crippen LogP contribution in [0.1, 0.15) is 51.4 Å². The number of halogens is 1. The Morgan fingerprint density at radius 3 is 2.32 bits per heavy atom. The molecule has 34 heavy (non-hydrogen) atoms. The summed E-state index contributed by atoms with van der Waals surface area (Å²) < 4.78 is 29.0. The summed E-state index contributed by atoms with van der Waals surface area (Å²) in [5.41, 5.74) is 7.83.